The van der Waals surface area contributed by atoms with E-state index in [1.165, 1.54) is 115 Å². The van der Waals surface area contributed by atoms with Crippen LogP contribution in [0.25, 0.3) is 83.9 Å². The third kappa shape index (κ3) is 22.2. The summed E-state index contributed by atoms with van der Waals surface area (Å²) in [5.74, 6) is 0. The van der Waals surface area contributed by atoms with E-state index in [1.807, 2.05) is 38.1 Å². The van der Waals surface area contributed by atoms with Gasteiger partial charge in [-0.3, -0.25) is 0 Å². The van der Waals surface area contributed by atoms with Crippen molar-refractivity contribution in [3.8, 4) is 22.3 Å². The van der Waals surface area contributed by atoms with E-state index in [0.717, 1.165) is 41.5 Å². The Kier molecular flexibility index (Phi) is 29.3. The van der Waals surface area contributed by atoms with E-state index in [-0.39, 0.29) is 57.9 Å². The van der Waals surface area contributed by atoms with Crippen LogP contribution in [-0.4, -0.2) is 55.2 Å². The van der Waals surface area contributed by atoms with E-state index < -0.39 is 14.2 Å². The number of hydrogen-bond acceptors (Lipinski definition) is 3. The number of rotatable bonds is 3. The summed E-state index contributed by atoms with van der Waals surface area (Å²) in [6, 6.07) is 66.5. The van der Waals surface area contributed by atoms with Crippen LogP contribution in [0.3, 0.4) is 0 Å². The fraction of sp³-hybridized carbons (Fsp3) is 0.429. The molecule has 608 valence electrons. The van der Waals surface area contributed by atoms with Crippen molar-refractivity contribution in [2.45, 2.75) is 293 Å². The third-order valence-corrected chi connectivity index (χ3v) is 30.5. The van der Waals surface area contributed by atoms with E-state index >= 15 is 0 Å². The molecule has 0 atom stereocenters. The molecule has 0 radical (unpaired) electrons. The van der Waals surface area contributed by atoms with Crippen LogP contribution in [0.5, 0.6) is 0 Å². The molecule has 10 aromatic rings. The van der Waals surface area contributed by atoms with Crippen molar-refractivity contribution in [1.29, 1.82) is 0 Å². The van der Waals surface area contributed by atoms with Gasteiger partial charge in [0.15, 0.2) is 0 Å². The van der Waals surface area contributed by atoms with Crippen molar-refractivity contribution in [1.82, 2.24) is 0 Å². The van der Waals surface area contributed by atoms with Crippen molar-refractivity contribution in [2.75, 3.05) is 0 Å². The zero-order chi connectivity index (χ0) is 84.1. The van der Waals surface area contributed by atoms with E-state index in [2.05, 4.69) is 400 Å². The Labute approximate surface area is 717 Å². The summed E-state index contributed by atoms with van der Waals surface area (Å²) in [7, 11) is -2.28. The van der Waals surface area contributed by atoms with Gasteiger partial charge in [0.1, 0.15) is 0 Å². The second kappa shape index (κ2) is 35.6. The van der Waals surface area contributed by atoms with Gasteiger partial charge in [0.2, 0.25) is 0 Å². The average Bonchev–Trinajstić information content (AvgIpc) is 1.60. The number of fused-ring (bicyclic) bond motifs is 12. The fourth-order valence-electron chi connectivity index (χ4n) is 18.9. The van der Waals surface area contributed by atoms with Gasteiger partial charge in [-0.25, -0.2) is 0 Å². The van der Waals surface area contributed by atoms with Gasteiger partial charge in [-0.05, 0) is 227 Å². The maximum atomic E-state index is 10.5. The summed E-state index contributed by atoms with van der Waals surface area (Å²) >= 11 is 3.57. The summed E-state index contributed by atoms with van der Waals surface area (Å²) in [5.41, 5.74) is 24.9. The molecule has 4 aliphatic rings. The van der Waals surface area contributed by atoms with E-state index in [1.54, 1.807) is 0 Å². The zero-order valence-electron chi connectivity index (χ0n) is 75.7. The largest absolute Gasteiger partial charge is 0.478 e. The van der Waals surface area contributed by atoms with Crippen molar-refractivity contribution >= 4 is 119 Å². The van der Waals surface area contributed by atoms with Crippen LogP contribution in [0.1, 0.15) is 288 Å². The van der Waals surface area contributed by atoms with Crippen LogP contribution in [0, 0.1) is 0 Å². The molecule has 3 aliphatic carbocycles. The molecular weight excluding hydrogens is 1580 g/mol. The van der Waals surface area contributed by atoms with Crippen molar-refractivity contribution in [2.24, 2.45) is 0 Å². The van der Waals surface area contributed by atoms with Gasteiger partial charge in [0.25, 0.3) is 0 Å². The van der Waals surface area contributed by atoms with Gasteiger partial charge >= 0.3 is 14.2 Å². The molecule has 0 saturated heterocycles. The molecule has 2 N–H and O–H groups in total. The molecule has 0 saturated carbocycles. The second-order valence-electron chi connectivity index (χ2n) is 41.7. The van der Waals surface area contributed by atoms with Crippen LogP contribution in [0.15, 0.2) is 186 Å². The van der Waals surface area contributed by atoms with Crippen LogP contribution in [-0.2, 0) is 65.9 Å². The minimum Gasteiger partial charge on any atom is -0.443 e. The summed E-state index contributed by atoms with van der Waals surface area (Å²) in [6.45, 7) is 73.7. The normalized spacial score (nSPS) is 14.3. The second-order valence-corrected chi connectivity index (χ2v) is 52.1. The molecule has 0 amide bonds. The molecule has 1 aliphatic heterocycles. The van der Waals surface area contributed by atoms with E-state index in [0.29, 0.717) is 41.9 Å². The monoisotopic (exact) mass is 1710 g/mol. The van der Waals surface area contributed by atoms with Gasteiger partial charge in [0.05, 0.1) is 0 Å². The first-order chi connectivity index (χ1) is 52.1. The smallest absolute Gasteiger partial charge is 0.443 e. The third-order valence-electron chi connectivity index (χ3n) is 21.9. The van der Waals surface area contributed by atoms with Crippen molar-refractivity contribution < 1.29 is 35.0 Å². The molecular formula is C105H137B2BrO3P2Pd. The Morgan fingerprint density at radius 3 is 0.825 bits per heavy atom. The molecule has 10 aromatic carbocycles. The summed E-state index contributed by atoms with van der Waals surface area (Å²) in [6.07, 6.45) is 10.1. The first-order valence-corrected chi connectivity index (χ1v) is 45.1. The van der Waals surface area contributed by atoms with Crippen molar-refractivity contribution in [3.05, 3.63) is 253 Å². The Bertz CT molecular complexity index is 4840. The number of hydrogen-bond donors (Lipinski definition) is 2. The molecule has 0 spiro atoms. The molecule has 0 unspecified atom stereocenters. The minimum absolute atomic E-state index is 0. The topological polar surface area (TPSA) is 49.7 Å². The quantitative estimate of drug-likeness (QED) is 0.137. The van der Waals surface area contributed by atoms with Crippen LogP contribution < -0.4 is 10.9 Å². The Morgan fingerprint density at radius 2 is 0.553 bits per heavy atom. The predicted molar refractivity (Wildman–Crippen MR) is 514 cm³/mol. The molecule has 0 aromatic heterocycles. The predicted octanol–water partition coefficient (Wildman–Crippen LogP) is 29.7. The average molecular weight is 1720 g/mol. The van der Waals surface area contributed by atoms with Gasteiger partial charge in [0, 0.05) is 31.3 Å². The molecule has 1 heterocycles. The zero-order valence-corrected chi connectivity index (χ0v) is 80.6. The molecule has 0 fully saturated rings. The maximum Gasteiger partial charge on any atom is 0.478 e. The molecule has 114 heavy (non-hydrogen) atoms. The van der Waals surface area contributed by atoms with Crippen molar-refractivity contribution in [3.63, 3.8) is 0 Å². The Balaban J connectivity index is 0.000000200. The van der Waals surface area contributed by atoms with Gasteiger partial charge in [-0.15, -0.1) is 0 Å². The molecule has 0 bridgehead atoms. The number of halogens is 1. The fourth-order valence-corrected chi connectivity index (χ4v) is 31.5. The van der Waals surface area contributed by atoms with Crippen LogP contribution in [0.2, 0.25) is 0 Å². The first kappa shape index (κ1) is 93.7. The summed E-state index contributed by atoms with van der Waals surface area (Å²) in [5, 5.41) is 31.7. The Morgan fingerprint density at radius 1 is 0.298 bits per heavy atom. The van der Waals surface area contributed by atoms with E-state index in [4.69, 9.17) is 4.57 Å². The Hall–Kier alpha value is -5.79. The molecule has 14 rings (SSSR count). The van der Waals surface area contributed by atoms with E-state index in [9.17, 15) is 10.0 Å². The number of benzene rings is 10. The summed E-state index contributed by atoms with van der Waals surface area (Å²) < 4.78 is 6.79. The van der Waals surface area contributed by atoms with Gasteiger partial charge < -0.3 is 14.6 Å². The standard InChI is InChI=1S/C46H42.C20H26B2O3.C13H9Br.2C12H27P.C2H6.Pd/c1-45(2,3)35-19-21-39(43(27-35)33-23-31-17-15-29-11-7-9-13-37(29)41(31)25-33)40-22-20-36(46(4,5)6)28-44(40)34-24-32-18-16-30-12-8-10-14-38(30)42(32)26-34;1-19(2,3)13-7-9-15-16-10-8-14(20(4,5)6)12-18(16)22(24)25-21(23)17(15)11-13;14-11-7-10-6-5-9-3-1-2-4-12(9)13(10)8-11;2*1-10(2,3)13(11(4,5)6)12(7,8)9;1-2;/h7-22,25-28H,23-24H2,1-6H3;7-12,23-24H,1-6H3;1-6,8H,7H2;2*1-9H3;1-2H3;. The van der Waals surface area contributed by atoms with Crippen LogP contribution in [0.4, 0.5) is 0 Å². The minimum atomic E-state index is -1.15. The SMILES string of the molecule is BrC1=Cc2c(ccc3ccccc23)C1.CC.CC(C)(C)P(C(C)(C)C)C(C)(C)C.CC(C)(C)P(C(C)(C)C)C(C)(C)C.CC(C)(C)c1ccc(-c2ccc(C(C)(C)C)cc2C2=Cc3c(ccc4ccccc34)C2)c(C2=Cc3c(ccc4ccccc34)C2)c1.CC(C)(C)c1ccc2c(c1)B(O)OB(O)c1cc(C(C)(C)C)ccc1-2.[Pd]. The first-order valence-electron chi connectivity index (χ1n) is 41.6. The molecule has 3 nitrogen and oxygen atoms in total. The maximum absolute atomic E-state index is 10.5. The van der Waals surface area contributed by atoms with Gasteiger partial charge in [-0.1, -0.05) is 435 Å². The summed E-state index contributed by atoms with van der Waals surface area (Å²) in [4.78, 5) is 0. The van der Waals surface area contributed by atoms with Gasteiger partial charge in [-0.2, -0.15) is 0 Å². The van der Waals surface area contributed by atoms with Crippen LogP contribution >= 0.6 is 31.8 Å². The molecule has 9 heteroatoms. The number of allylic oxidation sites excluding steroid dienone is 3.